The standard InChI is InChI=1S/C13H19N3O4/c1-13(19,12(18)20-2)9-16-11(17)7-10(8-14-16)15-5-3-4-6-15/h7-8,19H,3-6,9H2,1-2H3. The number of rotatable bonds is 4. The van der Waals surface area contributed by atoms with Gasteiger partial charge < -0.3 is 14.7 Å². The summed E-state index contributed by atoms with van der Waals surface area (Å²) in [6, 6.07) is 1.48. The summed E-state index contributed by atoms with van der Waals surface area (Å²) >= 11 is 0. The van der Waals surface area contributed by atoms with Gasteiger partial charge in [0.25, 0.3) is 5.56 Å². The first-order valence-electron chi connectivity index (χ1n) is 6.57. The van der Waals surface area contributed by atoms with E-state index in [4.69, 9.17) is 0 Å². The van der Waals surface area contributed by atoms with Crippen LogP contribution in [0.5, 0.6) is 0 Å². The number of hydrogen-bond acceptors (Lipinski definition) is 6. The highest BCUT2D eigenvalue weighted by molar-refractivity contribution is 5.78. The molecule has 7 heteroatoms. The van der Waals surface area contributed by atoms with E-state index in [2.05, 4.69) is 14.7 Å². The number of carbonyl (C=O) groups is 1. The van der Waals surface area contributed by atoms with Crippen LogP contribution in [0.1, 0.15) is 19.8 Å². The second-order valence-electron chi connectivity index (χ2n) is 5.17. The molecule has 1 N–H and O–H groups in total. The third-order valence-corrected chi connectivity index (χ3v) is 3.41. The predicted octanol–water partition coefficient (Wildman–Crippen LogP) is -0.233. The maximum atomic E-state index is 12.0. The molecular formula is C13H19N3O4. The molecule has 0 amide bonds. The first-order valence-corrected chi connectivity index (χ1v) is 6.57. The molecule has 0 aromatic carbocycles. The number of nitrogens with zero attached hydrogens (tertiary/aromatic N) is 3. The van der Waals surface area contributed by atoms with Gasteiger partial charge in [0.05, 0.1) is 25.5 Å². The van der Waals surface area contributed by atoms with E-state index < -0.39 is 11.6 Å². The lowest BCUT2D eigenvalue weighted by molar-refractivity contribution is -0.162. The molecule has 2 rings (SSSR count). The van der Waals surface area contributed by atoms with E-state index in [0.717, 1.165) is 36.3 Å². The van der Waals surface area contributed by atoms with Crippen molar-refractivity contribution in [2.45, 2.75) is 31.9 Å². The SMILES string of the molecule is COC(=O)C(C)(O)Cn1ncc(N2CCCC2)cc1=O. The van der Waals surface area contributed by atoms with Gasteiger partial charge in [0.15, 0.2) is 5.60 Å². The highest BCUT2D eigenvalue weighted by atomic mass is 16.5. The molecule has 0 aliphatic carbocycles. The third kappa shape index (κ3) is 2.98. The minimum Gasteiger partial charge on any atom is -0.467 e. The average Bonchev–Trinajstić information content (AvgIpc) is 2.94. The molecule has 7 nitrogen and oxygen atoms in total. The Balaban J connectivity index is 2.18. The first-order chi connectivity index (χ1) is 9.44. The molecule has 1 aliphatic rings. The van der Waals surface area contributed by atoms with Crippen molar-refractivity contribution >= 4 is 11.7 Å². The number of carbonyl (C=O) groups excluding carboxylic acids is 1. The van der Waals surface area contributed by atoms with Crippen LogP contribution in [0.4, 0.5) is 5.69 Å². The summed E-state index contributed by atoms with van der Waals surface area (Å²) in [5.74, 6) is -0.796. The van der Waals surface area contributed by atoms with Crippen LogP contribution in [-0.4, -0.2) is 46.7 Å². The van der Waals surface area contributed by atoms with E-state index in [1.807, 2.05) is 0 Å². The van der Waals surface area contributed by atoms with Gasteiger partial charge in [0.2, 0.25) is 0 Å². The van der Waals surface area contributed by atoms with E-state index in [9.17, 15) is 14.7 Å². The maximum absolute atomic E-state index is 12.0. The zero-order valence-electron chi connectivity index (χ0n) is 11.7. The zero-order chi connectivity index (χ0) is 14.8. The fraction of sp³-hybridized carbons (Fsp3) is 0.615. The van der Waals surface area contributed by atoms with Gasteiger partial charge in [0, 0.05) is 19.2 Å². The summed E-state index contributed by atoms with van der Waals surface area (Å²) in [7, 11) is 1.18. The van der Waals surface area contributed by atoms with Crippen LogP contribution in [0.15, 0.2) is 17.1 Å². The smallest absolute Gasteiger partial charge is 0.339 e. The van der Waals surface area contributed by atoms with Crippen molar-refractivity contribution in [3.63, 3.8) is 0 Å². The van der Waals surface area contributed by atoms with Crippen molar-refractivity contribution in [2.24, 2.45) is 0 Å². The van der Waals surface area contributed by atoms with Crippen LogP contribution >= 0.6 is 0 Å². The highest BCUT2D eigenvalue weighted by Crippen LogP contribution is 2.17. The third-order valence-electron chi connectivity index (χ3n) is 3.41. The molecule has 1 atom stereocenters. The first kappa shape index (κ1) is 14.5. The van der Waals surface area contributed by atoms with Crippen LogP contribution in [0.25, 0.3) is 0 Å². The summed E-state index contributed by atoms with van der Waals surface area (Å²) in [5.41, 5.74) is -1.35. The monoisotopic (exact) mass is 281 g/mol. The number of esters is 1. The summed E-state index contributed by atoms with van der Waals surface area (Å²) in [4.78, 5) is 25.5. The Morgan fingerprint density at radius 2 is 2.15 bits per heavy atom. The van der Waals surface area contributed by atoms with Gasteiger partial charge in [-0.1, -0.05) is 0 Å². The molecule has 1 saturated heterocycles. The minimum absolute atomic E-state index is 0.237. The number of ether oxygens (including phenoxy) is 1. The lowest BCUT2D eigenvalue weighted by Crippen LogP contribution is -2.43. The van der Waals surface area contributed by atoms with Gasteiger partial charge in [0.1, 0.15) is 0 Å². The largest absolute Gasteiger partial charge is 0.467 e. The molecule has 0 radical (unpaired) electrons. The van der Waals surface area contributed by atoms with Crippen molar-refractivity contribution in [3.8, 4) is 0 Å². The van der Waals surface area contributed by atoms with Gasteiger partial charge in [-0.2, -0.15) is 5.10 Å². The molecule has 20 heavy (non-hydrogen) atoms. The molecule has 110 valence electrons. The second kappa shape index (κ2) is 5.62. The van der Waals surface area contributed by atoms with Crippen molar-refractivity contribution in [1.82, 2.24) is 9.78 Å². The van der Waals surface area contributed by atoms with Gasteiger partial charge in [-0.15, -0.1) is 0 Å². The normalized spacial score (nSPS) is 17.9. The van der Waals surface area contributed by atoms with Gasteiger partial charge in [-0.25, -0.2) is 9.48 Å². The molecule has 0 bridgehead atoms. The number of anilines is 1. The Morgan fingerprint density at radius 3 is 2.70 bits per heavy atom. The molecule has 1 aromatic heterocycles. The summed E-state index contributed by atoms with van der Waals surface area (Å²) in [5, 5.41) is 14.0. The quantitative estimate of drug-likeness (QED) is 0.767. The van der Waals surface area contributed by atoms with Crippen molar-refractivity contribution < 1.29 is 14.6 Å². The molecule has 1 aliphatic heterocycles. The fourth-order valence-electron chi connectivity index (χ4n) is 2.27. The van der Waals surface area contributed by atoms with Gasteiger partial charge in [-0.3, -0.25) is 4.79 Å². The summed E-state index contributed by atoms with van der Waals surface area (Å²) in [6.07, 6.45) is 3.81. The van der Waals surface area contributed by atoms with E-state index in [1.165, 1.54) is 20.1 Å². The number of aromatic nitrogens is 2. The van der Waals surface area contributed by atoms with E-state index >= 15 is 0 Å². The Morgan fingerprint density at radius 1 is 1.50 bits per heavy atom. The topological polar surface area (TPSA) is 84.7 Å². The predicted molar refractivity (Wildman–Crippen MR) is 72.6 cm³/mol. The molecule has 1 fully saturated rings. The van der Waals surface area contributed by atoms with Crippen LogP contribution in [0, 0.1) is 0 Å². The molecule has 2 heterocycles. The number of methoxy groups -OCH3 is 1. The second-order valence-corrected chi connectivity index (χ2v) is 5.17. The van der Waals surface area contributed by atoms with Crippen molar-refractivity contribution in [2.75, 3.05) is 25.1 Å². The summed E-state index contributed by atoms with van der Waals surface area (Å²) in [6.45, 7) is 2.90. The van der Waals surface area contributed by atoms with E-state index in [-0.39, 0.29) is 12.1 Å². The van der Waals surface area contributed by atoms with Crippen LogP contribution in [-0.2, 0) is 16.1 Å². The fourth-order valence-corrected chi connectivity index (χ4v) is 2.27. The summed E-state index contributed by atoms with van der Waals surface area (Å²) < 4.78 is 5.56. The number of aliphatic hydroxyl groups is 1. The van der Waals surface area contributed by atoms with Gasteiger partial charge >= 0.3 is 5.97 Å². The Kier molecular flexibility index (Phi) is 4.08. The zero-order valence-corrected chi connectivity index (χ0v) is 11.7. The molecule has 0 spiro atoms. The average molecular weight is 281 g/mol. The Bertz CT molecular complexity index is 547. The van der Waals surface area contributed by atoms with Crippen LogP contribution in [0.2, 0.25) is 0 Å². The lowest BCUT2D eigenvalue weighted by atomic mass is 10.1. The van der Waals surface area contributed by atoms with Gasteiger partial charge in [-0.05, 0) is 19.8 Å². The van der Waals surface area contributed by atoms with E-state index in [1.54, 1.807) is 6.20 Å². The van der Waals surface area contributed by atoms with Crippen LogP contribution in [0.3, 0.4) is 0 Å². The minimum atomic E-state index is -1.78. The molecule has 1 unspecified atom stereocenters. The Hall–Kier alpha value is -1.89. The van der Waals surface area contributed by atoms with Crippen molar-refractivity contribution in [3.05, 3.63) is 22.6 Å². The maximum Gasteiger partial charge on any atom is 0.339 e. The lowest BCUT2D eigenvalue weighted by Gasteiger charge is -2.21. The number of hydrogen-bond donors (Lipinski definition) is 1. The molecule has 1 aromatic rings. The van der Waals surface area contributed by atoms with E-state index in [0.29, 0.717) is 0 Å². The highest BCUT2D eigenvalue weighted by Gasteiger charge is 2.32. The molecular weight excluding hydrogens is 262 g/mol. The molecule has 0 saturated carbocycles. The van der Waals surface area contributed by atoms with Crippen LogP contribution < -0.4 is 10.5 Å². The Labute approximate surface area is 116 Å². The van der Waals surface area contributed by atoms with Crippen molar-refractivity contribution in [1.29, 1.82) is 0 Å².